The van der Waals surface area contributed by atoms with Crippen LogP contribution in [-0.2, 0) is 11.3 Å². The van der Waals surface area contributed by atoms with Gasteiger partial charge in [-0.15, -0.1) is 0 Å². The third-order valence-electron chi connectivity index (χ3n) is 3.63. The number of hydrogen-bond acceptors (Lipinski definition) is 5. The van der Waals surface area contributed by atoms with E-state index in [2.05, 4.69) is 41.1 Å². The van der Waals surface area contributed by atoms with Crippen molar-refractivity contribution in [1.29, 1.82) is 0 Å². The Labute approximate surface area is 121 Å². The predicted octanol–water partition coefficient (Wildman–Crippen LogP) is 1.84. The van der Waals surface area contributed by atoms with E-state index in [9.17, 15) is 0 Å². The van der Waals surface area contributed by atoms with Crippen LogP contribution < -0.4 is 10.2 Å². The number of nitrogens with one attached hydrogen (secondary N) is 1. The van der Waals surface area contributed by atoms with Crippen LogP contribution >= 0.6 is 0 Å². The molecule has 1 aromatic rings. The quantitative estimate of drug-likeness (QED) is 0.860. The van der Waals surface area contributed by atoms with Crippen molar-refractivity contribution in [3.8, 4) is 0 Å². The first-order valence-corrected chi connectivity index (χ1v) is 7.49. The van der Waals surface area contributed by atoms with Crippen LogP contribution in [0.5, 0.6) is 0 Å². The van der Waals surface area contributed by atoms with E-state index in [1.165, 1.54) is 0 Å². The molecule has 0 bridgehead atoms. The summed E-state index contributed by atoms with van der Waals surface area (Å²) in [4.78, 5) is 11.1. The van der Waals surface area contributed by atoms with Gasteiger partial charge in [-0.2, -0.15) is 0 Å². The fourth-order valence-electron chi connectivity index (χ4n) is 2.36. The highest BCUT2D eigenvalue weighted by atomic mass is 16.5. The van der Waals surface area contributed by atoms with Crippen molar-refractivity contribution in [3.63, 3.8) is 0 Å². The highest BCUT2D eigenvalue weighted by molar-refractivity contribution is 5.30. The van der Waals surface area contributed by atoms with Crippen LogP contribution in [0, 0.1) is 5.92 Å². The second-order valence-corrected chi connectivity index (χ2v) is 5.87. The lowest BCUT2D eigenvalue weighted by Gasteiger charge is -2.31. The molecule has 2 rings (SSSR count). The number of nitrogens with zero attached hydrogens (tertiary/aromatic N) is 3. The molecule has 0 unspecified atom stereocenters. The first kappa shape index (κ1) is 15.2. The van der Waals surface area contributed by atoms with E-state index < -0.39 is 0 Å². The Bertz CT molecular complexity index is 387. The number of anilines is 1. The summed E-state index contributed by atoms with van der Waals surface area (Å²) >= 11 is 0. The second kappa shape index (κ2) is 7.55. The van der Waals surface area contributed by atoms with Crippen LogP contribution in [0.4, 0.5) is 5.95 Å². The van der Waals surface area contributed by atoms with E-state index in [0.29, 0.717) is 12.0 Å². The summed E-state index contributed by atoms with van der Waals surface area (Å²) in [7, 11) is 2.07. The lowest BCUT2D eigenvalue weighted by Crippen LogP contribution is -2.37. The lowest BCUT2D eigenvalue weighted by atomic mass is 10.1. The highest BCUT2D eigenvalue weighted by Crippen LogP contribution is 2.17. The SMILES string of the molecule is CC(C)CNCc1cnc(N(C)C2CCOCC2)nc1. The predicted molar refractivity (Wildman–Crippen MR) is 80.8 cm³/mol. The zero-order valence-electron chi connectivity index (χ0n) is 12.8. The van der Waals surface area contributed by atoms with Gasteiger partial charge in [0, 0.05) is 50.8 Å². The third-order valence-corrected chi connectivity index (χ3v) is 3.63. The number of aromatic nitrogens is 2. The number of rotatable bonds is 6. The Kier molecular flexibility index (Phi) is 5.73. The van der Waals surface area contributed by atoms with E-state index in [1.807, 2.05) is 12.4 Å². The van der Waals surface area contributed by atoms with E-state index in [0.717, 1.165) is 50.7 Å². The average Bonchev–Trinajstić information content (AvgIpc) is 2.48. The van der Waals surface area contributed by atoms with E-state index in [4.69, 9.17) is 4.74 Å². The molecule has 0 saturated carbocycles. The van der Waals surface area contributed by atoms with Crippen molar-refractivity contribution in [3.05, 3.63) is 18.0 Å². The first-order valence-electron chi connectivity index (χ1n) is 7.49. The van der Waals surface area contributed by atoms with Crippen LogP contribution in [0.2, 0.25) is 0 Å². The van der Waals surface area contributed by atoms with Crippen LogP contribution in [0.1, 0.15) is 32.3 Å². The molecule has 112 valence electrons. The lowest BCUT2D eigenvalue weighted by molar-refractivity contribution is 0.0852. The Morgan fingerprint density at radius 1 is 1.30 bits per heavy atom. The standard InChI is InChI=1S/C15H26N4O/c1-12(2)8-16-9-13-10-17-15(18-11-13)19(3)14-4-6-20-7-5-14/h10-12,14,16H,4-9H2,1-3H3. The second-order valence-electron chi connectivity index (χ2n) is 5.87. The van der Waals surface area contributed by atoms with Gasteiger partial charge in [-0.1, -0.05) is 13.8 Å². The van der Waals surface area contributed by atoms with Crippen molar-refractivity contribution in [2.75, 3.05) is 31.7 Å². The summed E-state index contributed by atoms with van der Waals surface area (Å²) in [6.07, 6.45) is 5.95. The van der Waals surface area contributed by atoms with E-state index in [1.54, 1.807) is 0 Å². The molecule has 5 heteroatoms. The Morgan fingerprint density at radius 3 is 2.55 bits per heavy atom. The number of hydrogen-bond donors (Lipinski definition) is 1. The maximum Gasteiger partial charge on any atom is 0.225 e. The van der Waals surface area contributed by atoms with Crippen molar-refractivity contribution >= 4 is 5.95 Å². The minimum absolute atomic E-state index is 0.494. The van der Waals surface area contributed by atoms with Gasteiger partial charge >= 0.3 is 0 Å². The minimum atomic E-state index is 0.494. The first-order chi connectivity index (χ1) is 9.66. The van der Waals surface area contributed by atoms with Gasteiger partial charge in [0.1, 0.15) is 0 Å². The fourth-order valence-corrected chi connectivity index (χ4v) is 2.36. The molecule has 1 fully saturated rings. The molecule has 5 nitrogen and oxygen atoms in total. The zero-order chi connectivity index (χ0) is 14.4. The van der Waals surface area contributed by atoms with Gasteiger partial charge in [0.25, 0.3) is 0 Å². The molecule has 1 N–H and O–H groups in total. The largest absolute Gasteiger partial charge is 0.381 e. The van der Waals surface area contributed by atoms with Crippen molar-refractivity contribution in [1.82, 2.24) is 15.3 Å². The molecule has 2 heterocycles. The van der Waals surface area contributed by atoms with Gasteiger partial charge in [0.2, 0.25) is 5.95 Å². The van der Waals surface area contributed by atoms with Gasteiger partial charge in [-0.25, -0.2) is 9.97 Å². The maximum atomic E-state index is 5.39. The molecule has 0 amide bonds. The Morgan fingerprint density at radius 2 is 1.95 bits per heavy atom. The minimum Gasteiger partial charge on any atom is -0.381 e. The van der Waals surface area contributed by atoms with Crippen molar-refractivity contribution in [2.24, 2.45) is 5.92 Å². The van der Waals surface area contributed by atoms with Gasteiger partial charge in [-0.05, 0) is 25.3 Å². The van der Waals surface area contributed by atoms with Crippen molar-refractivity contribution < 1.29 is 4.74 Å². The van der Waals surface area contributed by atoms with Crippen LogP contribution in [0.15, 0.2) is 12.4 Å². The summed E-state index contributed by atoms with van der Waals surface area (Å²) in [6.45, 7) is 7.94. The molecular weight excluding hydrogens is 252 g/mol. The molecule has 1 aliphatic heterocycles. The van der Waals surface area contributed by atoms with Crippen molar-refractivity contribution in [2.45, 2.75) is 39.3 Å². The average molecular weight is 278 g/mol. The van der Waals surface area contributed by atoms with Gasteiger partial charge in [-0.3, -0.25) is 0 Å². The zero-order valence-corrected chi connectivity index (χ0v) is 12.8. The summed E-state index contributed by atoms with van der Waals surface area (Å²) < 4.78 is 5.39. The molecule has 0 radical (unpaired) electrons. The molecule has 1 aromatic heterocycles. The smallest absolute Gasteiger partial charge is 0.225 e. The maximum absolute atomic E-state index is 5.39. The molecule has 0 atom stereocenters. The van der Waals surface area contributed by atoms with Crippen LogP contribution in [0.3, 0.4) is 0 Å². The fraction of sp³-hybridized carbons (Fsp3) is 0.733. The summed E-state index contributed by atoms with van der Waals surface area (Å²) in [6, 6.07) is 0.494. The molecule has 0 aliphatic carbocycles. The molecule has 0 spiro atoms. The molecule has 0 aromatic carbocycles. The van der Waals surface area contributed by atoms with E-state index >= 15 is 0 Å². The van der Waals surface area contributed by atoms with Crippen LogP contribution in [0.25, 0.3) is 0 Å². The Hall–Kier alpha value is -1.20. The Balaban J connectivity index is 1.86. The van der Waals surface area contributed by atoms with Gasteiger partial charge in [0.05, 0.1) is 0 Å². The summed E-state index contributed by atoms with van der Waals surface area (Å²) in [5.41, 5.74) is 1.13. The summed E-state index contributed by atoms with van der Waals surface area (Å²) in [5, 5.41) is 3.40. The molecule has 1 saturated heterocycles. The molecule has 1 aliphatic rings. The monoisotopic (exact) mass is 278 g/mol. The van der Waals surface area contributed by atoms with E-state index in [-0.39, 0.29) is 0 Å². The summed E-state index contributed by atoms with van der Waals surface area (Å²) in [5.74, 6) is 1.47. The topological polar surface area (TPSA) is 50.3 Å². The normalized spacial score (nSPS) is 16.6. The highest BCUT2D eigenvalue weighted by Gasteiger charge is 2.20. The number of ether oxygens (including phenoxy) is 1. The van der Waals surface area contributed by atoms with Gasteiger partial charge < -0.3 is 15.0 Å². The molecular formula is C15H26N4O. The van der Waals surface area contributed by atoms with Crippen LogP contribution in [-0.4, -0.2) is 42.8 Å². The van der Waals surface area contributed by atoms with Gasteiger partial charge in [0.15, 0.2) is 0 Å². The third kappa shape index (κ3) is 4.42. The molecule has 20 heavy (non-hydrogen) atoms.